The van der Waals surface area contributed by atoms with Gasteiger partial charge in [-0.15, -0.1) is 0 Å². The molecule has 1 fully saturated rings. The van der Waals surface area contributed by atoms with Crippen LogP contribution in [0.2, 0.25) is 0 Å². The molecule has 1 aliphatic rings. The van der Waals surface area contributed by atoms with Gasteiger partial charge in [0.05, 0.1) is 20.1 Å². The van der Waals surface area contributed by atoms with Crippen LogP contribution in [0.15, 0.2) is 48.5 Å². The molecule has 2 aromatic rings. The average Bonchev–Trinajstić information content (AvgIpc) is 3.06. The van der Waals surface area contributed by atoms with E-state index in [2.05, 4.69) is 0 Å². The molecule has 2 amide bonds. The summed E-state index contributed by atoms with van der Waals surface area (Å²) in [7, 11) is 1.60. The summed E-state index contributed by atoms with van der Waals surface area (Å²) in [6, 6.07) is 13.8. The molecule has 32 heavy (non-hydrogen) atoms. The molecule has 0 aliphatic carbocycles. The molecular weight excluding hydrogens is 412 g/mol. The number of hydrogen-bond donors (Lipinski definition) is 0. The second kappa shape index (κ2) is 11.2. The first kappa shape index (κ1) is 23.1. The molecule has 3 rings (SSSR count). The zero-order chi connectivity index (χ0) is 22.9. The van der Waals surface area contributed by atoms with Gasteiger partial charge in [-0.25, -0.2) is 4.79 Å². The Bertz CT molecular complexity index is 944. The van der Waals surface area contributed by atoms with Crippen LogP contribution in [-0.2, 0) is 16.0 Å². The van der Waals surface area contributed by atoms with Gasteiger partial charge in [0.25, 0.3) is 5.91 Å². The Morgan fingerprint density at radius 3 is 2.34 bits per heavy atom. The monoisotopic (exact) mass is 440 g/mol. The highest BCUT2D eigenvalue weighted by molar-refractivity contribution is 5.94. The van der Waals surface area contributed by atoms with Crippen molar-refractivity contribution in [2.45, 2.75) is 19.8 Å². The molecule has 0 unspecified atom stereocenters. The Morgan fingerprint density at radius 1 is 0.906 bits per heavy atom. The third-order valence-electron chi connectivity index (χ3n) is 5.19. The van der Waals surface area contributed by atoms with Gasteiger partial charge in [0.2, 0.25) is 5.91 Å². The van der Waals surface area contributed by atoms with E-state index in [0.29, 0.717) is 50.3 Å². The number of hydrogen-bond acceptors (Lipinski definition) is 6. The SMILES string of the molecule is CCOC(=O)Oc1ccc(C(=O)N2CCCN(C(=O)Cc3cccc(OC)c3)CC2)cc1. The number of methoxy groups -OCH3 is 1. The summed E-state index contributed by atoms with van der Waals surface area (Å²) in [5, 5.41) is 0. The van der Waals surface area contributed by atoms with Crippen molar-refractivity contribution < 1.29 is 28.6 Å². The van der Waals surface area contributed by atoms with Gasteiger partial charge in [-0.2, -0.15) is 0 Å². The van der Waals surface area contributed by atoms with Crippen LogP contribution < -0.4 is 9.47 Å². The van der Waals surface area contributed by atoms with E-state index in [1.807, 2.05) is 29.2 Å². The molecule has 0 spiro atoms. The standard InChI is InChI=1S/C24H28N2O6/c1-3-31-24(29)32-20-10-8-19(9-11-20)23(28)26-13-5-12-25(14-15-26)22(27)17-18-6-4-7-21(16-18)30-2/h4,6-11,16H,3,5,12-15,17H2,1-2H3. The van der Waals surface area contributed by atoms with Crippen LogP contribution in [0.5, 0.6) is 11.5 Å². The van der Waals surface area contributed by atoms with Gasteiger partial charge in [-0.1, -0.05) is 12.1 Å². The van der Waals surface area contributed by atoms with Crippen LogP contribution in [0.3, 0.4) is 0 Å². The van der Waals surface area contributed by atoms with Crippen molar-refractivity contribution in [3.63, 3.8) is 0 Å². The lowest BCUT2D eigenvalue weighted by Crippen LogP contribution is -2.38. The fraction of sp³-hybridized carbons (Fsp3) is 0.375. The summed E-state index contributed by atoms with van der Waals surface area (Å²) in [6.07, 6.45) is 0.227. The van der Waals surface area contributed by atoms with E-state index in [1.165, 1.54) is 0 Å². The highest BCUT2D eigenvalue weighted by atomic mass is 16.7. The Balaban J connectivity index is 1.55. The molecule has 1 heterocycles. The van der Waals surface area contributed by atoms with Crippen LogP contribution in [0.1, 0.15) is 29.3 Å². The van der Waals surface area contributed by atoms with Crippen molar-refractivity contribution >= 4 is 18.0 Å². The molecule has 0 bridgehead atoms. The van der Waals surface area contributed by atoms with E-state index in [-0.39, 0.29) is 18.4 Å². The van der Waals surface area contributed by atoms with E-state index < -0.39 is 6.16 Å². The zero-order valence-electron chi connectivity index (χ0n) is 18.4. The molecule has 1 aliphatic heterocycles. The number of carbonyl (C=O) groups is 3. The van der Waals surface area contributed by atoms with Crippen molar-refractivity contribution in [1.82, 2.24) is 9.80 Å². The number of benzene rings is 2. The number of nitrogens with zero attached hydrogens (tertiary/aromatic N) is 2. The normalized spacial score (nSPS) is 13.8. The van der Waals surface area contributed by atoms with Crippen LogP contribution in [0, 0.1) is 0 Å². The lowest BCUT2D eigenvalue weighted by Gasteiger charge is -2.22. The molecular formula is C24H28N2O6. The summed E-state index contributed by atoms with van der Waals surface area (Å²) >= 11 is 0. The van der Waals surface area contributed by atoms with Gasteiger partial charge in [0.1, 0.15) is 11.5 Å². The van der Waals surface area contributed by atoms with Gasteiger partial charge >= 0.3 is 6.16 Å². The lowest BCUT2D eigenvalue weighted by molar-refractivity contribution is -0.130. The molecule has 0 N–H and O–H groups in total. The Kier molecular flexibility index (Phi) is 8.08. The van der Waals surface area contributed by atoms with E-state index in [4.69, 9.17) is 14.2 Å². The largest absolute Gasteiger partial charge is 0.513 e. The predicted molar refractivity (Wildman–Crippen MR) is 118 cm³/mol. The Morgan fingerprint density at radius 2 is 1.62 bits per heavy atom. The van der Waals surface area contributed by atoms with Crippen LogP contribution >= 0.6 is 0 Å². The molecule has 2 aromatic carbocycles. The zero-order valence-corrected chi connectivity index (χ0v) is 18.4. The summed E-state index contributed by atoms with van der Waals surface area (Å²) in [4.78, 5) is 40.6. The summed E-state index contributed by atoms with van der Waals surface area (Å²) < 4.78 is 15.0. The summed E-state index contributed by atoms with van der Waals surface area (Å²) in [5.41, 5.74) is 1.40. The third-order valence-corrected chi connectivity index (χ3v) is 5.19. The van der Waals surface area contributed by atoms with Gasteiger partial charge in [-0.3, -0.25) is 9.59 Å². The van der Waals surface area contributed by atoms with Crippen molar-refractivity contribution in [3.05, 3.63) is 59.7 Å². The number of rotatable bonds is 6. The first-order valence-corrected chi connectivity index (χ1v) is 10.6. The minimum Gasteiger partial charge on any atom is -0.497 e. The van der Waals surface area contributed by atoms with Crippen molar-refractivity contribution in [1.29, 1.82) is 0 Å². The van der Waals surface area contributed by atoms with Crippen molar-refractivity contribution in [2.75, 3.05) is 39.9 Å². The van der Waals surface area contributed by atoms with Gasteiger partial charge < -0.3 is 24.0 Å². The van der Waals surface area contributed by atoms with E-state index >= 15 is 0 Å². The second-order valence-corrected chi connectivity index (χ2v) is 7.36. The maximum absolute atomic E-state index is 12.9. The molecule has 8 nitrogen and oxygen atoms in total. The average molecular weight is 440 g/mol. The summed E-state index contributed by atoms with van der Waals surface area (Å²) in [5.74, 6) is 0.953. The fourth-order valence-corrected chi connectivity index (χ4v) is 3.53. The first-order valence-electron chi connectivity index (χ1n) is 10.6. The van der Waals surface area contributed by atoms with Crippen LogP contribution in [0.4, 0.5) is 4.79 Å². The molecule has 0 aromatic heterocycles. The minimum atomic E-state index is -0.780. The topological polar surface area (TPSA) is 85.4 Å². The molecule has 170 valence electrons. The Labute approximate surface area is 187 Å². The number of carbonyl (C=O) groups excluding carboxylic acids is 3. The number of ether oxygens (including phenoxy) is 3. The predicted octanol–water partition coefficient (Wildman–Crippen LogP) is 3.15. The first-order chi connectivity index (χ1) is 15.5. The smallest absolute Gasteiger partial charge is 0.497 e. The van der Waals surface area contributed by atoms with E-state index in [9.17, 15) is 14.4 Å². The van der Waals surface area contributed by atoms with E-state index in [1.54, 1.807) is 43.2 Å². The Hall–Kier alpha value is -3.55. The van der Waals surface area contributed by atoms with Crippen LogP contribution in [-0.4, -0.2) is 67.7 Å². The molecule has 8 heteroatoms. The molecule has 1 saturated heterocycles. The minimum absolute atomic E-state index is 0.0352. The van der Waals surface area contributed by atoms with Gasteiger partial charge in [0.15, 0.2) is 0 Å². The highest BCUT2D eigenvalue weighted by Crippen LogP contribution is 2.17. The maximum Gasteiger partial charge on any atom is 0.513 e. The second-order valence-electron chi connectivity index (χ2n) is 7.36. The fourth-order valence-electron chi connectivity index (χ4n) is 3.53. The highest BCUT2D eigenvalue weighted by Gasteiger charge is 2.23. The molecule has 0 saturated carbocycles. The molecule has 0 atom stereocenters. The lowest BCUT2D eigenvalue weighted by atomic mass is 10.1. The quantitative estimate of drug-likeness (QED) is 0.507. The van der Waals surface area contributed by atoms with Crippen LogP contribution in [0.25, 0.3) is 0 Å². The van der Waals surface area contributed by atoms with Gasteiger partial charge in [0, 0.05) is 31.7 Å². The third kappa shape index (κ3) is 6.23. The van der Waals surface area contributed by atoms with Crippen molar-refractivity contribution in [2.24, 2.45) is 0 Å². The number of amides is 2. The summed E-state index contributed by atoms with van der Waals surface area (Å²) in [6.45, 7) is 4.05. The van der Waals surface area contributed by atoms with E-state index in [0.717, 1.165) is 11.3 Å². The molecule has 0 radical (unpaired) electrons. The van der Waals surface area contributed by atoms with Gasteiger partial charge in [-0.05, 0) is 55.3 Å². The maximum atomic E-state index is 12.9. The van der Waals surface area contributed by atoms with Crippen molar-refractivity contribution in [3.8, 4) is 11.5 Å².